The minimum Gasteiger partial charge on any atom is -0.459 e. The van der Waals surface area contributed by atoms with Gasteiger partial charge < -0.3 is 4.74 Å². The molecular weight excluding hydrogens is 396 g/mol. The average Bonchev–Trinajstić information content (AvgIpc) is 2.81. The van der Waals surface area contributed by atoms with Gasteiger partial charge in [-0.05, 0) is 32.6 Å². The molecule has 0 spiro atoms. The zero-order valence-corrected chi connectivity index (χ0v) is 14.6. The van der Waals surface area contributed by atoms with Crippen LogP contribution in [-0.4, -0.2) is 43.0 Å². The molecule has 0 aromatic rings. The van der Waals surface area contributed by atoms with Crippen molar-refractivity contribution in [1.82, 2.24) is 4.72 Å². The number of hydrogen-bond donors (Lipinski definition) is 1. The highest BCUT2D eigenvalue weighted by Crippen LogP contribution is 2.47. The van der Waals surface area contributed by atoms with Crippen molar-refractivity contribution in [1.29, 1.82) is 0 Å². The van der Waals surface area contributed by atoms with Crippen LogP contribution in [-0.2, 0) is 24.3 Å². The monoisotopic (exact) mass is 413 g/mol. The molecular formula is C13H17F6NO5S. The van der Waals surface area contributed by atoms with E-state index in [1.54, 1.807) is 6.92 Å². The van der Waals surface area contributed by atoms with Crippen molar-refractivity contribution in [3.63, 3.8) is 0 Å². The Morgan fingerprint density at radius 3 is 1.96 bits per heavy atom. The van der Waals surface area contributed by atoms with E-state index in [1.165, 1.54) is 0 Å². The molecule has 1 amide bonds. The third-order valence-corrected chi connectivity index (χ3v) is 5.26. The Labute approximate surface area is 145 Å². The topological polar surface area (TPSA) is 89.5 Å². The molecule has 6 nitrogen and oxygen atoms in total. The van der Waals surface area contributed by atoms with Gasteiger partial charge in [-0.2, -0.15) is 34.8 Å². The van der Waals surface area contributed by atoms with Crippen LogP contribution in [0.5, 0.6) is 0 Å². The molecule has 1 N–H and O–H groups in total. The molecule has 0 heterocycles. The fourth-order valence-electron chi connectivity index (χ4n) is 2.34. The quantitative estimate of drug-likeness (QED) is 0.394. The van der Waals surface area contributed by atoms with Crippen LogP contribution < -0.4 is 4.72 Å². The number of nitrogens with one attached hydrogen (secondary N) is 1. The van der Waals surface area contributed by atoms with E-state index in [0.717, 1.165) is 12.8 Å². The maximum atomic E-state index is 13.4. The second-order valence-corrected chi connectivity index (χ2v) is 8.04. The maximum Gasteiger partial charge on any atom is 0.431 e. The summed E-state index contributed by atoms with van der Waals surface area (Å²) in [4.78, 5) is 23.0. The number of amides is 1. The molecule has 1 aliphatic rings. The summed E-state index contributed by atoms with van der Waals surface area (Å²) < 4.78 is 106. The Bertz CT molecular complexity index is 667. The van der Waals surface area contributed by atoms with E-state index in [9.17, 15) is 44.3 Å². The lowest BCUT2D eigenvalue weighted by Crippen LogP contribution is -2.60. The zero-order chi connectivity index (χ0) is 20.6. The van der Waals surface area contributed by atoms with Crippen LogP contribution in [0.4, 0.5) is 26.3 Å². The molecule has 0 aromatic carbocycles. The van der Waals surface area contributed by atoms with Gasteiger partial charge in [0.05, 0.1) is 0 Å². The predicted molar refractivity (Wildman–Crippen MR) is 75.2 cm³/mol. The molecule has 0 unspecified atom stereocenters. The van der Waals surface area contributed by atoms with Crippen LogP contribution in [0.15, 0.2) is 0 Å². The lowest BCUT2D eigenvalue weighted by atomic mass is 10.1. The van der Waals surface area contributed by atoms with E-state index >= 15 is 0 Å². The number of halogens is 6. The largest absolute Gasteiger partial charge is 0.459 e. The number of hydrogen-bond acceptors (Lipinski definition) is 5. The predicted octanol–water partition coefficient (Wildman–Crippen LogP) is 2.58. The third kappa shape index (κ3) is 4.41. The Morgan fingerprint density at radius 2 is 1.54 bits per heavy atom. The van der Waals surface area contributed by atoms with Crippen molar-refractivity contribution in [3.05, 3.63) is 0 Å². The standard InChI is InChI=1S/C13H17F6NO5S/c1-10(5-3-4-6-10)25-9(22)7-8(21)20-26(23,24)13(18,19)12(16,17)11(2,14)15/h3-7H2,1-2H3,(H,20,21). The van der Waals surface area contributed by atoms with Gasteiger partial charge in [0, 0.05) is 6.92 Å². The lowest BCUT2D eigenvalue weighted by molar-refractivity contribution is -0.271. The summed E-state index contributed by atoms with van der Waals surface area (Å²) >= 11 is 0. The van der Waals surface area contributed by atoms with Gasteiger partial charge in [-0.1, -0.05) is 0 Å². The molecule has 1 fully saturated rings. The van der Waals surface area contributed by atoms with Crippen molar-refractivity contribution in [2.75, 3.05) is 0 Å². The zero-order valence-electron chi connectivity index (χ0n) is 13.8. The summed E-state index contributed by atoms with van der Waals surface area (Å²) in [5.41, 5.74) is -0.905. The Kier molecular flexibility index (Phi) is 5.97. The summed E-state index contributed by atoms with van der Waals surface area (Å²) in [5, 5.41) is -6.31. The fraction of sp³-hybridized carbons (Fsp3) is 0.846. The molecule has 1 rings (SSSR count). The van der Waals surface area contributed by atoms with Crippen molar-refractivity contribution in [3.8, 4) is 0 Å². The van der Waals surface area contributed by atoms with Crippen molar-refractivity contribution >= 4 is 21.9 Å². The SMILES string of the molecule is CC1(OC(=O)CC(=O)NS(=O)(=O)C(F)(F)C(F)(F)C(C)(F)F)CCCC1. The maximum absolute atomic E-state index is 13.4. The highest BCUT2D eigenvalue weighted by molar-refractivity contribution is 7.91. The summed E-state index contributed by atoms with van der Waals surface area (Å²) in [6.45, 7) is 0.947. The molecule has 26 heavy (non-hydrogen) atoms. The van der Waals surface area contributed by atoms with E-state index in [4.69, 9.17) is 4.74 Å². The van der Waals surface area contributed by atoms with Gasteiger partial charge in [0.15, 0.2) is 0 Å². The van der Waals surface area contributed by atoms with Crippen LogP contribution in [0.25, 0.3) is 0 Å². The van der Waals surface area contributed by atoms with Crippen LogP contribution in [0, 0.1) is 0 Å². The number of esters is 1. The molecule has 1 aliphatic carbocycles. The first-order valence-corrected chi connectivity index (χ1v) is 8.84. The fourth-order valence-corrected chi connectivity index (χ4v) is 3.36. The summed E-state index contributed by atoms with van der Waals surface area (Å²) in [6.07, 6.45) is 1.04. The molecule has 152 valence electrons. The molecule has 1 saturated carbocycles. The second kappa shape index (κ2) is 6.89. The number of ether oxygens (including phenoxy) is 1. The van der Waals surface area contributed by atoms with E-state index in [0.29, 0.717) is 17.6 Å². The second-order valence-electron chi connectivity index (χ2n) is 6.32. The van der Waals surface area contributed by atoms with E-state index in [1.807, 2.05) is 0 Å². The number of rotatable bonds is 7. The van der Waals surface area contributed by atoms with Crippen LogP contribution >= 0.6 is 0 Å². The van der Waals surface area contributed by atoms with Gasteiger partial charge >= 0.3 is 33.1 Å². The molecule has 13 heteroatoms. The highest BCUT2D eigenvalue weighted by atomic mass is 32.2. The highest BCUT2D eigenvalue weighted by Gasteiger charge is 2.75. The average molecular weight is 413 g/mol. The van der Waals surface area contributed by atoms with E-state index in [2.05, 4.69) is 0 Å². The van der Waals surface area contributed by atoms with Crippen LogP contribution in [0.3, 0.4) is 0 Å². The van der Waals surface area contributed by atoms with Crippen molar-refractivity contribution in [2.24, 2.45) is 0 Å². The van der Waals surface area contributed by atoms with Gasteiger partial charge in [0.25, 0.3) is 0 Å². The summed E-state index contributed by atoms with van der Waals surface area (Å²) in [7, 11) is -6.56. The molecule has 0 atom stereocenters. The van der Waals surface area contributed by atoms with Gasteiger partial charge in [-0.25, -0.2) is 4.72 Å². The smallest absolute Gasteiger partial charge is 0.431 e. The Balaban J connectivity index is 2.82. The van der Waals surface area contributed by atoms with Crippen molar-refractivity contribution < 1.29 is 49.1 Å². The number of alkyl halides is 6. The summed E-state index contributed by atoms with van der Waals surface area (Å²) in [5.74, 6) is -14.9. The minimum absolute atomic E-state index is 0.467. The molecule has 0 radical (unpaired) electrons. The first-order valence-electron chi connectivity index (χ1n) is 7.36. The lowest BCUT2D eigenvalue weighted by Gasteiger charge is -2.30. The van der Waals surface area contributed by atoms with Crippen molar-refractivity contribution in [2.45, 2.75) is 68.7 Å². The van der Waals surface area contributed by atoms with Gasteiger partial charge in [-0.3, -0.25) is 9.59 Å². The van der Waals surface area contributed by atoms with Crippen LogP contribution in [0.2, 0.25) is 0 Å². The molecule has 0 saturated heterocycles. The Hall–Kier alpha value is -1.53. The van der Waals surface area contributed by atoms with E-state index < -0.39 is 57.9 Å². The number of carbonyl (C=O) groups is 2. The first kappa shape index (κ1) is 22.5. The van der Waals surface area contributed by atoms with Gasteiger partial charge in [0.1, 0.15) is 12.0 Å². The summed E-state index contributed by atoms with van der Waals surface area (Å²) in [6, 6.07) is 0. The first-order chi connectivity index (χ1) is 11.5. The molecule has 0 aromatic heterocycles. The number of sulfonamides is 1. The van der Waals surface area contributed by atoms with Gasteiger partial charge in [0.2, 0.25) is 5.91 Å². The minimum atomic E-state index is -6.56. The third-order valence-electron chi connectivity index (χ3n) is 3.83. The van der Waals surface area contributed by atoms with Gasteiger partial charge in [-0.15, -0.1) is 0 Å². The Morgan fingerprint density at radius 1 is 1.08 bits per heavy atom. The molecule has 0 aliphatic heterocycles. The molecule has 0 bridgehead atoms. The normalized spacial score (nSPS) is 18.5. The number of carbonyl (C=O) groups excluding carboxylic acids is 2. The van der Waals surface area contributed by atoms with Crippen LogP contribution in [0.1, 0.15) is 46.0 Å². The van der Waals surface area contributed by atoms with E-state index in [-0.39, 0.29) is 0 Å².